The molecule has 6 nitrogen and oxygen atoms in total. The minimum absolute atomic E-state index is 0.181. The molecular weight excluding hydrogens is 434 g/mol. The number of carbonyl (C=O) groups excluding carboxylic acids is 1. The highest BCUT2D eigenvalue weighted by Crippen LogP contribution is 2.24. The third kappa shape index (κ3) is 5.63. The van der Waals surface area contributed by atoms with Gasteiger partial charge in [-0.3, -0.25) is 9.69 Å². The van der Waals surface area contributed by atoms with Gasteiger partial charge in [-0.05, 0) is 55.3 Å². The fraction of sp³-hybridized carbons (Fsp3) is 0.308. The maximum atomic E-state index is 13.0. The molecule has 0 radical (unpaired) electrons. The Morgan fingerprint density at radius 2 is 1.91 bits per heavy atom. The zero-order chi connectivity index (χ0) is 23.4. The van der Waals surface area contributed by atoms with Crippen molar-refractivity contribution < 1.29 is 4.79 Å². The summed E-state index contributed by atoms with van der Waals surface area (Å²) in [6, 6.07) is 11.3. The number of aromatic nitrogens is 2. The molecule has 1 N–H and O–H groups in total. The van der Waals surface area contributed by atoms with Crippen molar-refractivity contribution in [1.82, 2.24) is 19.4 Å². The monoisotopic (exact) mass is 461 g/mol. The van der Waals surface area contributed by atoms with E-state index >= 15 is 0 Å². The second-order valence-corrected chi connectivity index (χ2v) is 8.86. The lowest BCUT2D eigenvalue weighted by molar-refractivity contribution is 0.102. The SMILES string of the molecule is Cc1c(C#Cc2cncn2C)cccc1C(=O)Nc1ccc(CN2CCN(C)CC2)c(Cl)c1. The first-order valence-corrected chi connectivity index (χ1v) is 11.4. The largest absolute Gasteiger partial charge is 0.327 e. The molecule has 7 heteroatoms. The minimum Gasteiger partial charge on any atom is -0.327 e. The number of likely N-dealkylation sites (N-methyl/N-ethyl adjacent to an activating group) is 1. The molecule has 1 fully saturated rings. The molecule has 0 bridgehead atoms. The predicted octanol–water partition coefficient (Wildman–Crippen LogP) is 3.78. The van der Waals surface area contributed by atoms with Crippen molar-refractivity contribution in [1.29, 1.82) is 0 Å². The van der Waals surface area contributed by atoms with Gasteiger partial charge in [0, 0.05) is 61.6 Å². The number of piperazine rings is 1. The van der Waals surface area contributed by atoms with Gasteiger partial charge in [-0.2, -0.15) is 0 Å². The topological polar surface area (TPSA) is 53.4 Å². The first-order valence-electron chi connectivity index (χ1n) is 11.0. The molecule has 1 saturated heterocycles. The lowest BCUT2D eigenvalue weighted by Gasteiger charge is -2.32. The van der Waals surface area contributed by atoms with Crippen LogP contribution < -0.4 is 5.32 Å². The summed E-state index contributed by atoms with van der Waals surface area (Å²) in [5, 5.41) is 3.64. The molecule has 170 valence electrons. The standard InChI is InChI=1S/C26H28ClN5O/c1-19-20(8-10-23-16-28-18-31(23)3)5-4-6-24(19)26(33)29-22-9-7-21(25(27)15-22)17-32-13-11-30(2)12-14-32/h4-7,9,15-16,18H,11-14,17H2,1-3H3,(H,29,33). The summed E-state index contributed by atoms with van der Waals surface area (Å²) in [6.45, 7) is 6.92. The number of nitrogens with zero attached hydrogens (tertiary/aromatic N) is 4. The summed E-state index contributed by atoms with van der Waals surface area (Å²) >= 11 is 6.55. The van der Waals surface area contributed by atoms with Crippen LogP contribution in [0, 0.1) is 18.8 Å². The number of rotatable bonds is 4. The third-order valence-corrected chi connectivity index (χ3v) is 6.37. The van der Waals surface area contributed by atoms with Crippen LogP contribution in [0.15, 0.2) is 48.9 Å². The van der Waals surface area contributed by atoms with Crippen LogP contribution in [-0.2, 0) is 13.6 Å². The van der Waals surface area contributed by atoms with Crippen LogP contribution in [0.25, 0.3) is 0 Å². The summed E-state index contributed by atoms with van der Waals surface area (Å²) in [5.41, 5.74) is 4.80. The van der Waals surface area contributed by atoms with E-state index in [0.29, 0.717) is 16.3 Å². The van der Waals surface area contributed by atoms with Gasteiger partial charge in [-0.15, -0.1) is 0 Å². The highest BCUT2D eigenvalue weighted by atomic mass is 35.5. The van der Waals surface area contributed by atoms with Crippen LogP contribution >= 0.6 is 11.6 Å². The Balaban J connectivity index is 1.45. The predicted molar refractivity (Wildman–Crippen MR) is 133 cm³/mol. The highest BCUT2D eigenvalue weighted by Gasteiger charge is 2.16. The van der Waals surface area contributed by atoms with E-state index < -0.39 is 0 Å². The van der Waals surface area contributed by atoms with Gasteiger partial charge in [0.15, 0.2) is 0 Å². The van der Waals surface area contributed by atoms with Crippen molar-refractivity contribution in [2.24, 2.45) is 7.05 Å². The van der Waals surface area contributed by atoms with Crippen molar-refractivity contribution in [3.05, 3.63) is 81.9 Å². The number of nitrogens with one attached hydrogen (secondary N) is 1. The Morgan fingerprint density at radius 3 is 2.61 bits per heavy atom. The number of amides is 1. The number of aryl methyl sites for hydroxylation is 1. The average Bonchev–Trinajstić information content (AvgIpc) is 3.21. The fourth-order valence-electron chi connectivity index (χ4n) is 3.82. The Labute approximate surface area is 200 Å². The van der Waals surface area contributed by atoms with E-state index in [-0.39, 0.29) is 5.91 Å². The quantitative estimate of drug-likeness (QED) is 0.601. The van der Waals surface area contributed by atoms with Gasteiger partial charge in [0.05, 0.1) is 12.5 Å². The molecule has 33 heavy (non-hydrogen) atoms. The van der Waals surface area contributed by atoms with Crippen LogP contribution in [0.1, 0.15) is 32.7 Å². The highest BCUT2D eigenvalue weighted by molar-refractivity contribution is 6.31. The lowest BCUT2D eigenvalue weighted by atomic mass is 10.0. The maximum Gasteiger partial charge on any atom is 0.255 e. The molecule has 1 aliphatic rings. The van der Waals surface area contributed by atoms with E-state index in [0.717, 1.165) is 55.1 Å². The Hall–Kier alpha value is -3.11. The number of hydrogen-bond donors (Lipinski definition) is 1. The van der Waals surface area contributed by atoms with E-state index in [2.05, 4.69) is 39.0 Å². The van der Waals surface area contributed by atoms with Gasteiger partial charge in [0.25, 0.3) is 5.91 Å². The Morgan fingerprint density at radius 1 is 1.12 bits per heavy atom. The molecule has 0 saturated carbocycles. The van der Waals surface area contributed by atoms with E-state index in [4.69, 9.17) is 11.6 Å². The van der Waals surface area contributed by atoms with Gasteiger partial charge in [-0.25, -0.2) is 4.98 Å². The summed E-state index contributed by atoms with van der Waals surface area (Å²) in [7, 11) is 4.04. The molecule has 0 unspecified atom stereocenters. The molecule has 2 aromatic carbocycles. The molecule has 4 rings (SSSR count). The maximum absolute atomic E-state index is 13.0. The van der Waals surface area contributed by atoms with Crippen molar-refractivity contribution in [3.8, 4) is 11.8 Å². The van der Waals surface area contributed by atoms with Crippen LogP contribution in [0.5, 0.6) is 0 Å². The zero-order valence-corrected chi connectivity index (χ0v) is 20.0. The third-order valence-electron chi connectivity index (χ3n) is 6.02. The zero-order valence-electron chi connectivity index (χ0n) is 19.2. The average molecular weight is 462 g/mol. The van der Waals surface area contributed by atoms with Crippen molar-refractivity contribution in [3.63, 3.8) is 0 Å². The van der Waals surface area contributed by atoms with Crippen LogP contribution in [0.3, 0.4) is 0 Å². The van der Waals surface area contributed by atoms with Gasteiger partial charge in [0.2, 0.25) is 0 Å². The number of hydrogen-bond acceptors (Lipinski definition) is 4. The van der Waals surface area contributed by atoms with E-state index in [9.17, 15) is 4.79 Å². The Kier molecular flexibility index (Phi) is 7.14. The molecule has 1 aliphatic heterocycles. The normalized spacial score (nSPS) is 14.5. The van der Waals surface area contributed by atoms with E-state index in [1.54, 1.807) is 12.5 Å². The molecule has 1 aromatic heterocycles. The number of imidazole rings is 1. The van der Waals surface area contributed by atoms with E-state index in [1.807, 2.05) is 54.9 Å². The first kappa shape index (κ1) is 23.1. The number of benzene rings is 2. The second kappa shape index (κ2) is 10.2. The van der Waals surface area contributed by atoms with Gasteiger partial charge < -0.3 is 14.8 Å². The Bertz CT molecular complexity index is 1210. The summed E-state index contributed by atoms with van der Waals surface area (Å²) in [5.74, 6) is 6.08. The van der Waals surface area contributed by atoms with Gasteiger partial charge in [0.1, 0.15) is 5.69 Å². The van der Waals surface area contributed by atoms with Crippen LogP contribution in [-0.4, -0.2) is 58.5 Å². The molecule has 0 aliphatic carbocycles. The number of anilines is 1. The first-order chi connectivity index (χ1) is 15.9. The minimum atomic E-state index is -0.181. The molecule has 0 spiro atoms. The summed E-state index contributed by atoms with van der Waals surface area (Å²) in [6.07, 6.45) is 3.43. The lowest BCUT2D eigenvalue weighted by Crippen LogP contribution is -2.43. The van der Waals surface area contributed by atoms with Crippen LogP contribution in [0.4, 0.5) is 5.69 Å². The van der Waals surface area contributed by atoms with Crippen molar-refractivity contribution >= 4 is 23.2 Å². The fourth-order valence-corrected chi connectivity index (χ4v) is 4.06. The molecule has 2 heterocycles. The van der Waals surface area contributed by atoms with Gasteiger partial charge >= 0.3 is 0 Å². The van der Waals surface area contributed by atoms with Gasteiger partial charge in [-0.1, -0.05) is 29.7 Å². The number of carbonyl (C=O) groups is 1. The smallest absolute Gasteiger partial charge is 0.255 e. The molecular formula is C26H28ClN5O. The van der Waals surface area contributed by atoms with Crippen molar-refractivity contribution in [2.75, 3.05) is 38.5 Å². The molecule has 0 atom stereocenters. The molecule has 1 amide bonds. The molecule has 3 aromatic rings. The van der Waals surface area contributed by atoms with Crippen molar-refractivity contribution in [2.45, 2.75) is 13.5 Å². The summed E-state index contributed by atoms with van der Waals surface area (Å²) < 4.78 is 1.86. The number of halogens is 1. The second-order valence-electron chi connectivity index (χ2n) is 8.46. The summed E-state index contributed by atoms with van der Waals surface area (Å²) in [4.78, 5) is 21.8. The van der Waals surface area contributed by atoms with Crippen LogP contribution in [0.2, 0.25) is 5.02 Å². The van der Waals surface area contributed by atoms with E-state index in [1.165, 1.54) is 0 Å².